The Morgan fingerprint density at radius 3 is 2.19 bits per heavy atom. The third-order valence-corrected chi connectivity index (χ3v) is 2.27. The van der Waals surface area contributed by atoms with Crippen molar-refractivity contribution < 1.29 is 19.4 Å². The molecular formula is C11H21NO4. The van der Waals surface area contributed by atoms with Gasteiger partial charge in [0.1, 0.15) is 0 Å². The Morgan fingerprint density at radius 2 is 1.88 bits per heavy atom. The van der Waals surface area contributed by atoms with Gasteiger partial charge in [0, 0.05) is 6.54 Å². The summed E-state index contributed by atoms with van der Waals surface area (Å²) in [5, 5.41) is 8.90. The van der Waals surface area contributed by atoms with E-state index in [4.69, 9.17) is 15.6 Å². The van der Waals surface area contributed by atoms with Crippen molar-refractivity contribution in [2.45, 2.75) is 40.2 Å². The number of esters is 1. The summed E-state index contributed by atoms with van der Waals surface area (Å²) in [6.45, 7) is 7.13. The molecule has 0 saturated heterocycles. The van der Waals surface area contributed by atoms with E-state index in [-0.39, 0.29) is 12.5 Å². The number of hydrogen-bond acceptors (Lipinski definition) is 4. The monoisotopic (exact) mass is 231 g/mol. The average molecular weight is 231 g/mol. The lowest BCUT2D eigenvalue weighted by molar-refractivity contribution is -0.171. The molecule has 0 radical (unpaired) electrons. The molecule has 0 rings (SSSR count). The van der Waals surface area contributed by atoms with Gasteiger partial charge in [0.25, 0.3) is 0 Å². The van der Waals surface area contributed by atoms with Crippen molar-refractivity contribution in [3.05, 3.63) is 0 Å². The summed E-state index contributed by atoms with van der Waals surface area (Å²) in [6.07, 6.45) is -0.778. The number of rotatable bonds is 6. The molecule has 0 aliphatic heterocycles. The van der Waals surface area contributed by atoms with E-state index in [2.05, 4.69) is 0 Å². The van der Waals surface area contributed by atoms with Crippen LogP contribution in [0, 0.1) is 11.3 Å². The van der Waals surface area contributed by atoms with E-state index >= 15 is 0 Å². The van der Waals surface area contributed by atoms with Gasteiger partial charge in [-0.1, -0.05) is 13.8 Å². The van der Waals surface area contributed by atoms with Gasteiger partial charge >= 0.3 is 11.9 Å². The number of ether oxygens (including phenoxy) is 1. The minimum Gasteiger partial charge on any atom is -0.479 e. The molecule has 0 aliphatic rings. The highest BCUT2D eigenvalue weighted by molar-refractivity contribution is 5.81. The molecule has 3 N–H and O–H groups in total. The number of nitrogens with two attached hydrogens (primary N) is 1. The molecule has 0 heterocycles. The zero-order valence-electron chi connectivity index (χ0n) is 10.3. The number of hydrogen-bond donors (Lipinski definition) is 2. The van der Waals surface area contributed by atoms with Gasteiger partial charge in [-0.3, -0.25) is 4.79 Å². The smallest absolute Gasteiger partial charge is 0.345 e. The summed E-state index contributed by atoms with van der Waals surface area (Å²) < 4.78 is 4.96. The Bertz CT molecular complexity index is 261. The predicted octanol–water partition coefficient (Wildman–Crippen LogP) is 1.01. The fourth-order valence-electron chi connectivity index (χ4n) is 1.000. The molecule has 1 atom stereocenters. The molecule has 16 heavy (non-hydrogen) atoms. The van der Waals surface area contributed by atoms with E-state index in [0.717, 1.165) is 0 Å². The van der Waals surface area contributed by atoms with Crippen LogP contribution >= 0.6 is 0 Å². The molecule has 0 aromatic heterocycles. The lowest BCUT2D eigenvalue weighted by Gasteiger charge is -2.23. The second-order valence-corrected chi connectivity index (χ2v) is 4.95. The summed E-state index contributed by atoms with van der Waals surface area (Å²) >= 11 is 0. The fraction of sp³-hybridized carbons (Fsp3) is 0.818. The van der Waals surface area contributed by atoms with E-state index in [0.29, 0.717) is 6.42 Å². The van der Waals surface area contributed by atoms with Crippen LogP contribution in [0.15, 0.2) is 0 Å². The Hall–Kier alpha value is -1.10. The fourth-order valence-corrected chi connectivity index (χ4v) is 1.000. The SMILES string of the molecule is CC(C)C[C@H](OC(=O)C(C)(C)CN)C(=O)O. The number of carbonyl (C=O) groups is 2. The van der Waals surface area contributed by atoms with Gasteiger partial charge in [0.15, 0.2) is 6.10 Å². The summed E-state index contributed by atoms with van der Waals surface area (Å²) in [5.41, 5.74) is 4.57. The van der Waals surface area contributed by atoms with Crippen LogP contribution < -0.4 is 5.73 Å². The second kappa shape index (κ2) is 5.84. The molecule has 94 valence electrons. The zero-order valence-corrected chi connectivity index (χ0v) is 10.3. The summed E-state index contributed by atoms with van der Waals surface area (Å²) in [7, 11) is 0. The lowest BCUT2D eigenvalue weighted by atomic mass is 9.94. The minimum atomic E-state index is -1.12. The molecule has 0 aliphatic carbocycles. The maximum atomic E-state index is 11.6. The van der Waals surface area contributed by atoms with Gasteiger partial charge in [-0.15, -0.1) is 0 Å². The zero-order chi connectivity index (χ0) is 12.9. The van der Waals surface area contributed by atoms with Gasteiger partial charge in [-0.05, 0) is 26.2 Å². The maximum Gasteiger partial charge on any atom is 0.345 e. The molecule has 5 nitrogen and oxygen atoms in total. The quantitative estimate of drug-likeness (QED) is 0.666. The molecule has 0 spiro atoms. The van der Waals surface area contributed by atoms with Crippen molar-refractivity contribution >= 4 is 11.9 Å². The molecule has 0 fully saturated rings. The molecular weight excluding hydrogens is 210 g/mol. The Balaban J connectivity index is 4.52. The van der Waals surface area contributed by atoms with E-state index in [9.17, 15) is 9.59 Å². The highest BCUT2D eigenvalue weighted by Crippen LogP contribution is 2.18. The van der Waals surface area contributed by atoms with Crippen molar-refractivity contribution in [1.29, 1.82) is 0 Å². The average Bonchev–Trinajstić information content (AvgIpc) is 2.15. The third-order valence-electron chi connectivity index (χ3n) is 2.27. The van der Waals surface area contributed by atoms with Gasteiger partial charge in [0.2, 0.25) is 0 Å². The first-order valence-corrected chi connectivity index (χ1v) is 5.34. The Kier molecular flexibility index (Phi) is 5.44. The molecule has 5 heteroatoms. The van der Waals surface area contributed by atoms with Gasteiger partial charge in [-0.2, -0.15) is 0 Å². The predicted molar refractivity (Wildman–Crippen MR) is 59.8 cm³/mol. The van der Waals surface area contributed by atoms with Crippen LogP contribution in [0.2, 0.25) is 0 Å². The van der Waals surface area contributed by atoms with Crippen LogP contribution in [0.3, 0.4) is 0 Å². The first kappa shape index (κ1) is 14.9. The van der Waals surface area contributed by atoms with E-state index in [1.807, 2.05) is 13.8 Å². The molecule has 0 amide bonds. The van der Waals surface area contributed by atoms with Crippen LogP contribution in [-0.4, -0.2) is 29.7 Å². The maximum absolute atomic E-state index is 11.6. The van der Waals surface area contributed by atoms with Crippen LogP contribution in [0.4, 0.5) is 0 Å². The van der Waals surface area contributed by atoms with Gasteiger partial charge in [0.05, 0.1) is 5.41 Å². The van der Waals surface area contributed by atoms with Gasteiger partial charge in [-0.25, -0.2) is 4.79 Å². The highest BCUT2D eigenvalue weighted by Gasteiger charge is 2.32. The van der Waals surface area contributed by atoms with Crippen LogP contribution in [0.5, 0.6) is 0 Å². The van der Waals surface area contributed by atoms with Crippen molar-refractivity contribution in [3.63, 3.8) is 0 Å². The first-order chi connectivity index (χ1) is 7.20. The van der Waals surface area contributed by atoms with Crippen molar-refractivity contribution in [2.24, 2.45) is 17.1 Å². The Morgan fingerprint density at radius 1 is 1.38 bits per heavy atom. The number of carboxylic acids is 1. The van der Waals surface area contributed by atoms with E-state index < -0.39 is 23.5 Å². The van der Waals surface area contributed by atoms with Crippen LogP contribution in [-0.2, 0) is 14.3 Å². The summed E-state index contributed by atoms with van der Waals surface area (Å²) in [6, 6.07) is 0. The topological polar surface area (TPSA) is 89.6 Å². The van der Waals surface area contributed by atoms with Crippen molar-refractivity contribution in [2.75, 3.05) is 6.54 Å². The van der Waals surface area contributed by atoms with Gasteiger partial charge < -0.3 is 15.6 Å². The number of aliphatic carboxylic acids is 1. The standard InChI is InChI=1S/C11H21NO4/c1-7(2)5-8(9(13)14)16-10(15)11(3,4)6-12/h7-8H,5-6,12H2,1-4H3,(H,13,14)/t8-/m0/s1. The normalized spacial score (nSPS) is 13.6. The molecule has 0 aromatic carbocycles. The second-order valence-electron chi connectivity index (χ2n) is 4.95. The first-order valence-electron chi connectivity index (χ1n) is 5.34. The lowest BCUT2D eigenvalue weighted by Crippen LogP contribution is -2.39. The Labute approximate surface area is 96.0 Å². The largest absolute Gasteiger partial charge is 0.479 e. The molecule has 0 aromatic rings. The number of carboxylic acid groups (broad SMARTS) is 1. The third kappa shape index (κ3) is 4.61. The van der Waals surface area contributed by atoms with E-state index in [1.54, 1.807) is 13.8 Å². The minimum absolute atomic E-state index is 0.125. The summed E-state index contributed by atoms with van der Waals surface area (Å²) in [4.78, 5) is 22.5. The van der Waals surface area contributed by atoms with Crippen LogP contribution in [0.1, 0.15) is 34.1 Å². The van der Waals surface area contributed by atoms with Crippen molar-refractivity contribution in [3.8, 4) is 0 Å². The molecule has 0 saturated carbocycles. The van der Waals surface area contributed by atoms with Crippen molar-refractivity contribution in [1.82, 2.24) is 0 Å². The number of carbonyl (C=O) groups excluding carboxylic acids is 1. The highest BCUT2D eigenvalue weighted by atomic mass is 16.6. The molecule has 0 bridgehead atoms. The summed E-state index contributed by atoms with van der Waals surface area (Å²) in [5.74, 6) is -1.53. The van der Waals surface area contributed by atoms with E-state index in [1.165, 1.54) is 0 Å². The van der Waals surface area contributed by atoms with Crippen LogP contribution in [0.25, 0.3) is 0 Å². The molecule has 0 unspecified atom stereocenters.